The molecule has 0 saturated carbocycles. The van der Waals surface area contributed by atoms with Gasteiger partial charge >= 0.3 is 0 Å². The summed E-state index contributed by atoms with van der Waals surface area (Å²) in [5, 5.41) is 12.1. The van der Waals surface area contributed by atoms with Gasteiger partial charge in [-0.25, -0.2) is 8.78 Å². The normalized spacial score (nSPS) is 14.0. The van der Waals surface area contributed by atoms with E-state index in [0.717, 1.165) is 27.8 Å². The summed E-state index contributed by atoms with van der Waals surface area (Å²) in [7, 11) is 0. The third-order valence-corrected chi connectivity index (χ3v) is 10.5. The molecule has 15 heteroatoms. The Bertz CT molecular complexity index is 2190. The summed E-state index contributed by atoms with van der Waals surface area (Å²) in [6.07, 6.45) is 0. The van der Waals surface area contributed by atoms with Gasteiger partial charge in [-0.2, -0.15) is 0 Å². The summed E-state index contributed by atoms with van der Waals surface area (Å²) in [5.74, 6) is 0.370. The maximum atomic E-state index is 13.5. The molecule has 2 fully saturated rings. The van der Waals surface area contributed by atoms with Gasteiger partial charge in [0.1, 0.15) is 11.6 Å². The molecule has 6 aromatic rings. The minimum atomic E-state index is -0.330. The first-order valence-electron chi connectivity index (χ1n) is 17.3. The van der Waals surface area contributed by atoms with Gasteiger partial charge in [0.2, 0.25) is 0 Å². The van der Waals surface area contributed by atoms with Crippen molar-refractivity contribution in [2.75, 3.05) is 57.3 Å². The van der Waals surface area contributed by atoms with E-state index >= 15 is 0 Å². The van der Waals surface area contributed by atoms with E-state index in [0.29, 0.717) is 72.2 Å². The Hall–Kier alpha value is -4.83. The van der Waals surface area contributed by atoms with Gasteiger partial charge in [-0.15, -0.1) is 0 Å². The molecular weight excluding hydrogens is 864 g/mol. The average Bonchev–Trinajstić information content (AvgIpc) is 3.93. The first-order valence-corrected chi connectivity index (χ1v) is 19.1. The molecule has 284 valence electrons. The van der Waals surface area contributed by atoms with E-state index in [-0.39, 0.29) is 29.1 Å². The van der Waals surface area contributed by atoms with Crippen LogP contribution in [0.4, 0.5) is 14.5 Å². The maximum Gasteiger partial charge on any atom is 0.276 e. The van der Waals surface area contributed by atoms with Crippen molar-refractivity contribution in [3.8, 4) is 22.6 Å². The SMILES string of the molecule is Fc1ccc(Cl)c(I)c1.O=C(c1cc(-c2ccccc2)on1)N1CCN(c2cc(F)ccc2Cl)CC1.O=C(c1cc(-c2ccccc2)on1)N1CCNCC1. The molecule has 10 nitrogen and oxygen atoms in total. The summed E-state index contributed by atoms with van der Waals surface area (Å²) in [4.78, 5) is 30.4. The summed E-state index contributed by atoms with van der Waals surface area (Å²) in [6, 6.07) is 31.1. The lowest BCUT2D eigenvalue weighted by molar-refractivity contribution is 0.0721. The number of nitrogens with zero attached hydrogens (tertiary/aromatic N) is 5. The zero-order chi connectivity index (χ0) is 38.7. The van der Waals surface area contributed by atoms with Crippen LogP contribution in [0.2, 0.25) is 10.0 Å². The number of carbonyl (C=O) groups is 2. The van der Waals surface area contributed by atoms with Gasteiger partial charge in [0.25, 0.3) is 11.8 Å². The standard InChI is InChI=1S/C20H17ClFN3O2.C14H15N3O2.C6H3ClFI/c21-16-7-6-15(22)12-18(16)24-8-10-25(11-9-24)20(26)17-13-19(27-23-17)14-4-2-1-3-5-14;18-14(17-8-6-15-7-9-17)12-10-13(19-16-12)11-4-2-1-3-5-11;7-5-2-1-4(8)3-6(5)9/h1-7,12-13H,8-11H2;1-5,10,15H,6-9H2;1-3H. The number of amides is 2. The van der Waals surface area contributed by atoms with Crippen LogP contribution in [-0.4, -0.2) is 84.3 Å². The predicted molar refractivity (Wildman–Crippen MR) is 216 cm³/mol. The van der Waals surface area contributed by atoms with Crippen LogP contribution in [-0.2, 0) is 0 Å². The van der Waals surface area contributed by atoms with E-state index in [1.807, 2.05) is 88.2 Å². The number of aromatic nitrogens is 2. The number of halogens is 5. The fraction of sp³-hybridized carbons (Fsp3) is 0.200. The Morgan fingerprint density at radius 1 is 0.618 bits per heavy atom. The van der Waals surface area contributed by atoms with Crippen LogP contribution in [0, 0.1) is 15.2 Å². The van der Waals surface area contributed by atoms with Crippen LogP contribution >= 0.6 is 45.8 Å². The number of anilines is 1. The number of hydrogen-bond acceptors (Lipinski definition) is 8. The van der Waals surface area contributed by atoms with Crippen molar-refractivity contribution in [2.24, 2.45) is 0 Å². The van der Waals surface area contributed by atoms with E-state index in [9.17, 15) is 18.4 Å². The molecule has 4 aromatic carbocycles. The molecule has 0 aliphatic carbocycles. The van der Waals surface area contributed by atoms with Crippen molar-refractivity contribution >= 4 is 63.3 Å². The minimum Gasteiger partial charge on any atom is -0.367 e. The number of rotatable bonds is 5. The molecule has 2 aliphatic heterocycles. The molecule has 2 saturated heterocycles. The third-order valence-electron chi connectivity index (χ3n) is 8.68. The van der Waals surface area contributed by atoms with Crippen molar-refractivity contribution in [1.82, 2.24) is 25.4 Å². The molecule has 4 heterocycles. The Labute approximate surface area is 340 Å². The molecule has 2 aromatic heterocycles. The lowest BCUT2D eigenvalue weighted by atomic mass is 10.1. The second kappa shape index (κ2) is 19.2. The van der Waals surface area contributed by atoms with Gasteiger partial charge in [0, 0.05) is 79.2 Å². The molecular formula is C40H35Cl2F2IN6O4. The summed E-state index contributed by atoms with van der Waals surface area (Å²) in [5.41, 5.74) is 3.10. The molecule has 0 bridgehead atoms. The predicted octanol–water partition coefficient (Wildman–Crippen LogP) is 8.57. The van der Waals surface area contributed by atoms with Crippen molar-refractivity contribution in [3.63, 3.8) is 0 Å². The third kappa shape index (κ3) is 10.7. The molecule has 55 heavy (non-hydrogen) atoms. The van der Waals surface area contributed by atoms with E-state index < -0.39 is 0 Å². The molecule has 0 atom stereocenters. The first kappa shape index (κ1) is 39.9. The van der Waals surface area contributed by atoms with Gasteiger partial charge in [0.05, 0.1) is 15.7 Å². The highest BCUT2D eigenvalue weighted by atomic mass is 127. The fourth-order valence-corrected chi connectivity index (χ4v) is 6.60. The van der Waals surface area contributed by atoms with Crippen LogP contribution in [0.25, 0.3) is 22.6 Å². The van der Waals surface area contributed by atoms with Crippen molar-refractivity contribution in [1.29, 1.82) is 0 Å². The number of carbonyl (C=O) groups excluding carboxylic acids is 2. The zero-order valence-electron chi connectivity index (χ0n) is 29.3. The maximum absolute atomic E-state index is 13.5. The first-order chi connectivity index (χ1) is 26.7. The smallest absolute Gasteiger partial charge is 0.276 e. The van der Waals surface area contributed by atoms with Crippen LogP contribution < -0.4 is 10.2 Å². The van der Waals surface area contributed by atoms with Crippen LogP contribution in [0.1, 0.15) is 21.0 Å². The Balaban J connectivity index is 0.000000159. The monoisotopic (exact) mass is 898 g/mol. The van der Waals surface area contributed by atoms with Crippen LogP contribution in [0.5, 0.6) is 0 Å². The highest BCUT2D eigenvalue weighted by Crippen LogP contribution is 2.28. The van der Waals surface area contributed by atoms with Crippen LogP contribution in [0.3, 0.4) is 0 Å². The zero-order valence-corrected chi connectivity index (χ0v) is 33.0. The molecule has 2 amide bonds. The van der Waals surface area contributed by atoms with Crippen molar-refractivity contribution in [3.05, 3.63) is 146 Å². The topological polar surface area (TPSA) is 108 Å². The molecule has 0 unspecified atom stereocenters. The fourth-order valence-electron chi connectivity index (χ4n) is 5.77. The number of nitrogens with one attached hydrogen (secondary N) is 1. The Kier molecular flexibility index (Phi) is 13.9. The number of hydrogen-bond donors (Lipinski definition) is 1. The average molecular weight is 900 g/mol. The quantitative estimate of drug-likeness (QED) is 0.136. The second-order valence-electron chi connectivity index (χ2n) is 12.4. The number of piperazine rings is 2. The highest BCUT2D eigenvalue weighted by molar-refractivity contribution is 14.1. The van der Waals surface area contributed by atoms with Gasteiger partial charge in [-0.1, -0.05) is 94.2 Å². The number of benzene rings is 4. The van der Waals surface area contributed by atoms with Gasteiger partial charge in [0.15, 0.2) is 22.9 Å². The van der Waals surface area contributed by atoms with E-state index in [1.54, 1.807) is 34.1 Å². The lowest BCUT2D eigenvalue weighted by Gasteiger charge is -2.36. The Morgan fingerprint density at radius 3 is 1.58 bits per heavy atom. The van der Waals surface area contributed by atoms with Gasteiger partial charge in [-0.3, -0.25) is 9.59 Å². The summed E-state index contributed by atoms with van der Waals surface area (Å²) in [6.45, 7) is 5.22. The molecule has 0 spiro atoms. The molecule has 2 aliphatic rings. The Morgan fingerprint density at radius 2 is 1.09 bits per heavy atom. The van der Waals surface area contributed by atoms with Gasteiger partial charge < -0.3 is 29.1 Å². The molecule has 0 radical (unpaired) electrons. The molecule has 1 N–H and O–H groups in total. The van der Waals surface area contributed by atoms with Crippen molar-refractivity contribution < 1.29 is 27.4 Å². The van der Waals surface area contributed by atoms with E-state index in [4.69, 9.17) is 32.2 Å². The van der Waals surface area contributed by atoms with Crippen molar-refractivity contribution in [2.45, 2.75) is 0 Å². The van der Waals surface area contributed by atoms with E-state index in [2.05, 4.69) is 15.6 Å². The minimum absolute atomic E-state index is 0.0626. The van der Waals surface area contributed by atoms with E-state index in [1.165, 1.54) is 24.3 Å². The van der Waals surface area contributed by atoms with Gasteiger partial charge in [-0.05, 0) is 59.0 Å². The molecule has 8 rings (SSSR count). The highest BCUT2D eigenvalue weighted by Gasteiger charge is 2.26. The van der Waals surface area contributed by atoms with Crippen LogP contribution in [0.15, 0.2) is 118 Å². The second-order valence-corrected chi connectivity index (χ2v) is 14.3. The largest absolute Gasteiger partial charge is 0.367 e. The summed E-state index contributed by atoms with van der Waals surface area (Å²) >= 11 is 13.8. The summed E-state index contributed by atoms with van der Waals surface area (Å²) < 4.78 is 37.1. The lowest BCUT2D eigenvalue weighted by Crippen LogP contribution is -2.49.